The summed E-state index contributed by atoms with van der Waals surface area (Å²) < 4.78 is 5.99. The minimum Gasteiger partial charge on any atom is -0.437 e. The molecule has 0 spiro atoms. The Morgan fingerprint density at radius 3 is 2.71 bits per heavy atom. The molecule has 2 saturated heterocycles. The number of hydrogen-bond donors (Lipinski definition) is 0. The van der Waals surface area contributed by atoms with Crippen molar-refractivity contribution in [1.29, 1.82) is 0 Å². The van der Waals surface area contributed by atoms with Gasteiger partial charge in [0.25, 0.3) is 5.91 Å². The maximum absolute atomic E-state index is 13.4. The van der Waals surface area contributed by atoms with Gasteiger partial charge in [-0.05, 0) is 50.6 Å². The van der Waals surface area contributed by atoms with Crippen molar-refractivity contribution >= 4 is 11.7 Å². The summed E-state index contributed by atoms with van der Waals surface area (Å²) in [6.45, 7) is 7.22. The van der Waals surface area contributed by atoms with Crippen molar-refractivity contribution in [2.24, 2.45) is 0 Å². The Hall–Kier alpha value is -3.52. The lowest BCUT2D eigenvalue weighted by Crippen LogP contribution is -2.45. The van der Waals surface area contributed by atoms with E-state index < -0.39 is 0 Å². The van der Waals surface area contributed by atoms with Crippen molar-refractivity contribution < 1.29 is 9.53 Å². The van der Waals surface area contributed by atoms with Crippen molar-refractivity contribution in [2.75, 3.05) is 51.2 Å². The summed E-state index contributed by atoms with van der Waals surface area (Å²) in [7, 11) is 2.13. The summed E-state index contributed by atoms with van der Waals surface area (Å²) in [5, 5.41) is 0. The van der Waals surface area contributed by atoms with Gasteiger partial charge in [0.1, 0.15) is 11.6 Å². The zero-order chi connectivity index (χ0) is 24.2. The highest BCUT2D eigenvalue weighted by Crippen LogP contribution is 2.29. The highest BCUT2D eigenvalue weighted by atomic mass is 16.5. The second-order valence-electron chi connectivity index (χ2n) is 9.43. The van der Waals surface area contributed by atoms with Crippen LogP contribution in [0.3, 0.4) is 0 Å². The number of piperazine rings is 1. The molecule has 0 bridgehead atoms. The molecule has 2 aromatic heterocycles. The van der Waals surface area contributed by atoms with Crippen LogP contribution in [0.2, 0.25) is 0 Å². The van der Waals surface area contributed by atoms with E-state index in [-0.39, 0.29) is 11.8 Å². The summed E-state index contributed by atoms with van der Waals surface area (Å²) in [5.41, 5.74) is 2.60. The number of anilines is 1. The van der Waals surface area contributed by atoms with Gasteiger partial charge in [-0.2, -0.15) is 0 Å². The number of carbonyl (C=O) groups is 1. The van der Waals surface area contributed by atoms with Crippen LogP contribution in [0.25, 0.3) is 0 Å². The standard InChI is InChI=1S/C27H32N6O2/c1-20-6-3-4-8-24(20)35-26-18-28-17-23(30-26)22-7-5-11-33(19-22)27(34)21-9-10-29-25(16-21)32-14-12-31(2)13-15-32/h3-4,6,8-10,16-18,22H,5,7,11-15,19H2,1-2H3. The van der Waals surface area contributed by atoms with Crippen LogP contribution in [0.4, 0.5) is 5.82 Å². The van der Waals surface area contributed by atoms with E-state index in [1.165, 1.54) is 0 Å². The van der Waals surface area contributed by atoms with Crippen LogP contribution >= 0.6 is 0 Å². The first kappa shape index (κ1) is 23.2. The van der Waals surface area contributed by atoms with E-state index in [0.29, 0.717) is 18.0 Å². The summed E-state index contributed by atoms with van der Waals surface area (Å²) >= 11 is 0. The van der Waals surface area contributed by atoms with E-state index in [2.05, 4.69) is 26.8 Å². The molecule has 5 rings (SSSR count). The molecule has 8 heteroatoms. The molecule has 0 aliphatic carbocycles. The normalized spacial score (nSPS) is 19.0. The topological polar surface area (TPSA) is 74.7 Å². The van der Waals surface area contributed by atoms with Crippen LogP contribution in [-0.2, 0) is 0 Å². The SMILES string of the molecule is Cc1ccccc1Oc1cncc(C2CCCN(C(=O)c3ccnc(N4CCN(C)CC4)c3)C2)n1. The minimum absolute atomic E-state index is 0.0488. The third-order valence-corrected chi connectivity index (χ3v) is 6.89. The average molecular weight is 473 g/mol. The molecule has 2 aliphatic rings. The summed E-state index contributed by atoms with van der Waals surface area (Å²) in [6, 6.07) is 11.6. The molecule has 4 heterocycles. The molecule has 35 heavy (non-hydrogen) atoms. The van der Waals surface area contributed by atoms with Gasteiger partial charge in [0, 0.05) is 63.1 Å². The molecule has 1 unspecified atom stereocenters. The summed E-state index contributed by atoms with van der Waals surface area (Å²) in [5.74, 6) is 2.30. The largest absolute Gasteiger partial charge is 0.437 e. The number of hydrogen-bond acceptors (Lipinski definition) is 7. The number of benzene rings is 1. The number of amides is 1. The average Bonchev–Trinajstić information content (AvgIpc) is 2.90. The predicted molar refractivity (Wildman–Crippen MR) is 135 cm³/mol. The lowest BCUT2D eigenvalue weighted by Gasteiger charge is -2.34. The van der Waals surface area contributed by atoms with Crippen LogP contribution in [0.1, 0.15) is 40.4 Å². The molecule has 3 aromatic rings. The van der Waals surface area contributed by atoms with Gasteiger partial charge in [0.2, 0.25) is 5.88 Å². The van der Waals surface area contributed by atoms with Crippen LogP contribution in [-0.4, -0.2) is 77.0 Å². The van der Waals surface area contributed by atoms with Crippen molar-refractivity contribution in [3.05, 3.63) is 71.8 Å². The summed E-state index contributed by atoms with van der Waals surface area (Å²) in [6.07, 6.45) is 7.08. The maximum Gasteiger partial charge on any atom is 0.254 e. The van der Waals surface area contributed by atoms with Crippen molar-refractivity contribution in [1.82, 2.24) is 24.8 Å². The number of carbonyl (C=O) groups excluding carboxylic acids is 1. The number of piperidine rings is 1. The molecule has 0 radical (unpaired) electrons. The van der Waals surface area contributed by atoms with Crippen LogP contribution < -0.4 is 9.64 Å². The molecule has 2 fully saturated rings. The fourth-order valence-electron chi connectivity index (χ4n) is 4.74. The number of pyridine rings is 1. The van der Waals surface area contributed by atoms with E-state index in [1.807, 2.05) is 48.2 Å². The van der Waals surface area contributed by atoms with Gasteiger partial charge in [-0.25, -0.2) is 9.97 Å². The molecule has 0 N–H and O–H groups in total. The highest BCUT2D eigenvalue weighted by Gasteiger charge is 2.27. The minimum atomic E-state index is 0.0488. The lowest BCUT2D eigenvalue weighted by atomic mass is 9.94. The molecular weight excluding hydrogens is 440 g/mol. The smallest absolute Gasteiger partial charge is 0.254 e. The van der Waals surface area contributed by atoms with Gasteiger partial charge in [-0.3, -0.25) is 9.78 Å². The molecular formula is C27H32N6O2. The second-order valence-corrected chi connectivity index (χ2v) is 9.43. The zero-order valence-electron chi connectivity index (χ0n) is 20.4. The van der Waals surface area contributed by atoms with E-state index in [1.54, 1.807) is 18.6 Å². The van der Waals surface area contributed by atoms with Crippen molar-refractivity contribution in [3.8, 4) is 11.6 Å². The lowest BCUT2D eigenvalue weighted by molar-refractivity contribution is 0.0705. The van der Waals surface area contributed by atoms with Gasteiger partial charge < -0.3 is 19.4 Å². The van der Waals surface area contributed by atoms with E-state index in [9.17, 15) is 4.79 Å². The highest BCUT2D eigenvalue weighted by molar-refractivity contribution is 5.95. The molecule has 0 saturated carbocycles. The maximum atomic E-state index is 13.4. The number of para-hydroxylation sites is 1. The Labute approximate surface area is 206 Å². The van der Waals surface area contributed by atoms with E-state index >= 15 is 0 Å². The molecule has 2 aliphatic heterocycles. The van der Waals surface area contributed by atoms with Gasteiger partial charge in [0.05, 0.1) is 11.9 Å². The number of likely N-dealkylation sites (N-methyl/N-ethyl adjacent to an activating group) is 1. The van der Waals surface area contributed by atoms with Crippen LogP contribution in [0.5, 0.6) is 11.6 Å². The first-order chi connectivity index (χ1) is 17.1. The molecule has 1 amide bonds. The van der Waals surface area contributed by atoms with Gasteiger partial charge in [0.15, 0.2) is 0 Å². The molecule has 1 atom stereocenters. The second kappa shape index (κ2) is 10.4. The fraction of sp³-hybridized carbons (Fsp3) is 0.407. The predicted octanol–water partition coefficient (Wildman–Crippen LogP) is 3.74. The van der Waals surface area contributed by atoms with Crippen LogP contribution in [0, 0.1) is 6.92 Å². The Kier molecular flexibility index (Phi) is 6.90. The molecule has 182 valence electrons. The van der Waals surface area contributed by atoms with Gasteiger partial charge in [-0.1, -0.05) is 18.2 Å². The first-order valence-electron chi connectivity index (χ1n) is 12.3. The van der Waals surface area contributed by atoms with Gasteiger partial charge in [-0.15, -0.1) is 0 Å². The molecule has 8 nitrogen and oxygen atoms in total. The van der Waals surface area contributed by atoms with Crippen molar-refractivity contribution in [2.45, 2.75) is 25.7 Å². The fourth-order valence-corrected chi connectivity index (χ4v) is 4.74. The Bertz CT molecular complexity index is 1180. The first-order valence-corrected chi connectivity index (χ1v) is 12.3. The van der Waals surface area contributed by atoms with E-state index in [0.717, 1.165) is 68.4 Å². The van der Waals surface area contributed by atoms with Crippen molar-refractivity contribution in [3.63, 3.8) is 0 Å². The molecule has 1 aromatic carbocycles. The van der Waals surface area contributed by atoms with E-state index in [4.69, 9.17) is 9.72 Å². The Balaban J connectivity index is 1.28. The number of ether oxygens (including phenoxy) is 1. The summed E-state index contributed by atoms with van der Waals surface area (Å²) in [4.78, 5) is 33.6. The Morgan fingerprint density at radius 1 is 1.06 bits per heavy atom. The monoisotopic (exact) mass is 472 g/mol. The number of nitrogens with zero attached hydrogens (tertiary/aromatic N) is 6. The number of aromatic nitrogens is 3. The third-order valence-electron chi connectivity index (χ3n) is 6.89. The van der Waals surface area contributed by atoms with Crippen LogP contribution in [0.15, 0.2) is 55.0 Å². The Morgan fingerprint density at radius 2 is 1.89 bits per heavy atom. The number of aryl methyl sites for hydroxylation is 1. The third kappa shape index (κ3) is 5.43. The number of rotatable bonds is 5. The quantitative estimate of drug-likeness (QED) is 0.560. The number of likely N-dealkylation sites (tertiary alicyclic amines) is 1. The van der Waals surface area contributed by atoms with Gasteiger partial charge >= 0.3 is 0 Å². The zero-order valence-corrected chi connectivity index (χ0v) is 20.4.